The summed E-state index contributed by atoms with van der Waals surface area (Å²) < 4.78 is 11.1. The van der Waals surface area contributed by atoms with Gasteiger partial charge in [0, 0.05) is 42.0 Å². The van der Waals surface area contributed by atoms with Gasteiger partial charge in [0.2, 0.25) is 0 Å². The number of fused-ring (bicyclic) bond motifs is 1. The number of benzene rings is 1. The van der Waals surface area contributed by atoms with Gasteiger partial charge in [-0.25, -0.2) is 0 Å². The zero-order chi connectivity index (χ0) is 25.8. The highest BCUT2D eigenvalue weighted by molar-refractivity contribution is 6.06. The van der Waals surface area contributed by atoms with Crippen molar-refractivity contribution >= 4 is 11.4 Å². The van der Waals surface area contributed by atoms with Crippen LogP contribution in [-0.2, 0) is 0 Å². The maximum Gasteiger partial charge on any atom is 0.161 e. The molecule has 2 aliphatic heterocycles. The zero-order valence-corrected chi connectivity index (χ0v) is 23.2. The second-order valence-corrected chi connectivity index (χ2v) is 10.3. The topological polar surface area (TPSA) is 37.3 Å². The largest absolute Gasteiger partial charge is 0.493 e. The average Bonchev–Trinajstić information content (AvgIpc) is 3.17. The highest BCUT2D eigenvalue weighted by atomic mass is 16.5. The smallest absolute Gasteiger partial charge is 0.161 e. The molecule has 5 nitrogen and oxygen atoms in total. The Bertz CT molecular complexity index is 1100. The summed E-state index contributed by atoms with van der Waals surface area (Å²) in [6, 6.07) is 6.78. The third-order valence-electron chi connectivity index (χ3n) is 8.21. The number of piperidine rings is 1. The van der Waals surface area contributed by atoms with Gasteiger partial charge in [0.05, 0.1) is 19.9 Å². The van der Waals surface area contributed by atoms with E-state index in [-0.39, 0.29) is 0 Å². The molecule has 0 aromatic heterocycles. The van der Waals surface area contributed by atoms with Crippen molar-refractivity contribution in [2.45, 2.75) is 52.5 Å². The van der Waals surface area contributed by atoms with E-state index in [2.05, 4.69) is 75.0 Å². The summed E-state index contributed by atoms with van der Waals surface area (Å²) in [7, 11) is 7.76. The van der Waals surface area contributed by atoms with Crippen molar-refractivity contribution in [3.05, 3.63) is 64.9 Å². The molecule has 0 bridgehead atoms. The number of nitrogens with zero attached hydrogens (tertiary/aromatic N) is 3. The molecule has 2 unspecified atom stereocenters. The Labute approximate surface area is 217 Å². The molecular weight excluding hydrogens is 446 g/mol. The molecule has 1 aliphatic carbocycles. The number of aliphatic imine (C=N–C) groups is 1. The molecule has 0 saturated carbocycles. The lowest BCUT2D eigenvalue weighted by atomic mass is 9.80. The third-order valence-corrected chi connectivity index (χ3v) is 8.21. The summed E-state index contributed by atoms with van der Waals surface area (Å²) in [5.74, 6) is 2.20. The molecule has 2 atom stereocenters. The number of allylic oxidation sites excluding steroid dienone is 6. The van der Waals surface area contributed by atoms with E-state index in [0.717, 1.165) is 48.7 Å². The Kier molecular flexibility index (Phi) is 8.40. The van der Waals surface area contributed by atoms with Crippen molar-refractivity contribution in [1.82, 2.24) is 9.80 Å². The third kappa shape index (κ3) is 5.31. The molecule has 36 heavy (non-hydrogen) atoms. The number of ether oxygens (including phenoxy) is 2. The number of rotatable bonds is 6. The van der Waals surface area contributed by atoms with Crippen LogP contribution in [0.3, 0.4) is 0 Å². The highest BCUT2D eigenvalue weighted by Crippen LogP contribution is 2.40. The van der Waals surface area contributed by atoms with Gasteiger partial charge in [-0.1, -0.05) is 26.0 Å². The Balaban J connectivity index is 1.73. The molecule has 2 heterocycles. The molecule has 1 fully saturated rings. The van der Waals surface area contributed by atoms with Gasteiger partial charge in [0.15, 0.2) is 11.5 Å². The molecule has 1 saturated heterocycles. The van der Waals surface area contributed by atoms with E-state index < -0.39 is 0 Å². The highest BCUT2D eigenvalue weighted by Gasteiger charge is 2.32. The van der Waals surface area contributed by atoms with Crippen LogP contribution in [0.15, 0.2) is 64.3 Å². The van der Waals surface area contributed by atoms with Gasteiger partial charge in [0.25, 0.3) is 0 Å². The van der Waals surface area contributed by atoms with Crippen LogP contribution in [0.1, 0.15) is 52.0 Å². The minimum Gasteiger partial charge on any atom is -0.493 e. The SMILES string of the molecule is C/C=C1/C=C(c2ccc(OC)c(OC)c2)N=C2C(CC)=CC(N3CCC(N(C)C)CC3)=CCC2C1C. The quantitative estimate of drug-likeness (QED) is 0.467. The maximum atomic E-state index is 5.60. The van der Waals surface area contributed by atoms with Gasteiger partial charge in [-0.05, 0) is 94.1 Å². The fourth-order valence-electron chi connectivity index (χ4n) is 5.82. The van der Waals surface area contributed by atoms with Crippen LogP contribution in [0.4, 0.5) is 0 Å². The summed E-state index contributed by atoms with van der Waals surface area (Å²) in [6.45, 7) is 9.00. The first kappa shape index (κ1) is 26.3. The lowest BCUT2D eigenvalue weighted by Crippen LogP contribution is -2.41. The molecule has 0 radical (unpaired) electrons. The normalized spacial score (nSPS) is 24.3. The van der Waals surface area contributed by atoms with Crippen molar-refractivity contribution in [2.75, 3.05) is 41.4 Å². The minimum absolute atomic E-state index is 0.355. The monoisotopic (exact) mass is 489 g/mol. The summed E-state index contributed by atoms with van der Waals surface area (Å²) in [4.78, 5) is 10.4. The standard InChI is InChI=1S/C31H43N3O2/c1-8-22-19-28(24-10-13-29(35-6)30(20-24)36-7)32-31-23(9-2)18-26(11-12-27(31)21(22)3)34-16-14-25(15-17-34)33(4)5/h8,10-11,13,18-21,25,27H,9,12,14-17H2,1-7H3/b22-8-. The van der Waals surface area contributed by atoms with Gasteiger partial charge in [-0.2, -0.15) is 0 Å². The fourth-order valence-corrected chi connectivity index (χ4v) is 5.82. The molecular formula is C31H43N3O2. The Hall–Kier alpha value is -2.79. The first-order chi connectivity index (χ1) is 17.4. The van der Waals surface area contributed by atoms with Crippen LogP contribution in [0, 0.1) is 11.8 Å². The van der Waals surface area contributed by atoms with Crippen molar-refractivity contribution in [2.24, 2.45) is 16.8 Å². The van der Waals surface area contributed by atoms with E-state index in [9.17, 15) is 0 Å². The molecule has 5 heteroatoms. The van der Waals surface area contributed by atoms with Crippen LogP contribution >= 0.6 is 0 Å². The molecule has 3 aliphatic rings. The fraction of sp³-hybridized carbons (Fsp3) is 0.516. The van der Waals surface area contributed by atoms with E-state index in [1.54, 1.807) is 14.2 Å². The Morgan fingerprint density at radius 1 is 1.08 bits per heavy atom. The number of likely N-dealkylation sites (tertiary alicyclic amines) is 1. The molecule has 0 spiro atoms. The molecule has 194 valence electrons. The molecule has 0 amide bonds. The number of methoxy groups -OCH3 is 2. The predicted molar refractivity (Wildman–Crippen MR) is 151 cm³/mol. The van der Waals surface area contributed by atoms with Crippen molar-refractivity contribution in [1.29, 1.82) is 0 Å². The number of hydrogen-bond donors (Lipinski definition) is 0. The van der Waals surface area contributed by atoms with Crippen LogP contribution in [0.2, 0.25) is 0 Å². The molecule has 1 aromatic rings. The second-order valence-electron chi connectivity index (χ2n) is 10.3. The van der Waals surface area contributed by atoms with E-state index in [0.29, 0.717) is 17.9 Å². The lowest BCUT2D eigenvalue weighted by Gasteiger charge is -2.37. The van der Waals surface area contributed by atoms with Crippen molar-refractivity contribution in [3.63, 3.8) is 0 Å². The first-order valence-corrected chi connectivity index (χ1v) is 13.4. The second kappa shape index (κ2) is 11.5. The van der Waals surface area contributed by atoms with Gasteiger partial charge >= 0.3 is 0 Å². The van der Waals surface area contributed by atoms with Gasteiger partial charge in [-0.3, -0.25) is 4.99 Å². The molecule has 1 aromatic carbocycles. The average molecular weight is 490 g/mol. The van der Waals surface area contributed by atoms with Crippen LogP contribution in [0.5, 0.6) is 11.5 Å². The lowest BCUT2D eigenvalue weighted by molar-refractivity contribution is 0.173. The summed E-state index contributed by atoms with van der Waals surface area (Å²) in [6.07, 6.45) is 13.8. The van der Waals surface area contributed by atoms with E-state index >= 15 is 0 Å². The van der Waals surface area contributed by atoms with Crippen LogP contribution in [0.25, 0.3) is 5.70 Å². The first-order valence-electron chi connectivity index (χ1n) is 13.4. The summed E-state index contributed by atoms with van der Waals surface area (Å²) in [5, 5.41) is 0. The Morgan fingerprint density at radius 3 is 2.42 bits per heavy atom. The van der Waals surface area contributed by atoms with Gasteiger partial charge in [-0.15, -0.1) is 0 Å². The van der Waals surface area contributed by atoms with Crippen molar-refractivity contribution in [3.8, 4) is 11.5 Å². The summed E-state index contributed by atoms with van der Waals surface area (Å²) in [5.41, 5.74) is 7.34. The van der Waals surface area contributed by atoms with Gasteiger partial charge in [0.1, 0.15) is 0 Å². The Morgan fingerprint density at radius 2 is 1.81 bits per heavy atom. The van der Waals surface area contributed by atoms with E-state index in [4.69, 9.17) is 14.5 Å². The van der Waals surface area contributed by atoms with E-state index in [1.807, 2.05) is 12.1 Å². The van der Waals surface area contributed by atoms with Crippen LogP contribution in [-0.4, -0.2) is 63.0 Å². The maximum absolute atomic E-state index is 5.60. The summed E-state index contributed by atoms with van der Waals surface area (Å²) >= 11 is 0. The predicted octanol–water partition coefficient (Wildman–Crippen LogP) is 6.35. The number of hydrogen-bond acceptors (Lipinski definition) is 5. The van der Waals surface area contributed by atoms with E-state index in [1.165, 1.54) is 35.4 Å². The van der Waals surface area contributed by atoms with Crippen LogP contribution < -0.4 is 9.47 Å². The van der Waals surface area contributed by atoms with Gasteiger partial charge < -0.3 is 19.3 Å². The minimum atomic E-state index is 0.355. The zero-order valence-electron chi connectivity index (χ0n) is 23.2. The molecule has 0 N–H and O–H groups in total. The molecule has 4 rings (SSSR count). The van der Waals surface area contributed by atoms with Crippen molar-refractivity contribution < 1.29 is 9.47 Å².